The van der Waals surface area contributed by atoms with Crippen molar-refractivity contribution in [2.24, 2.45) is 0 Å². The van der Waals surface area contributed by atoms with Crippen LogP contribution in [0.3, 0.4) is 0 Å². The predicted molar refractivity (Wildman–Crippen MR) is 33.7 cm³/mol. The van der Waals surface area contributed by atoms with Crippen molar-refractivity contribution in [3.05, 3.63) is 0 Å². The maximum Gasteiger partial charge on any atom is 0.321 e. The van der Waals surface area contributed by atoms with Gasteiger partial charge in [0, 0.05) is 0 Å². The van der Waals surface area contributed by atoms with Gasteiger partial charge in [-0.3, -0.25) is 9.52 Å². The van der Waals surface area contributed by atoms with Gasteiger partial charge < -0.3 is 5.11 Å². The summed E-state index contributed by atoms with van der Waals surface area (Å²) in [6.07, 6.45) is 1.79. The fraction of sp³-hybridized carbons (Fsp3) is 0.750. The molecule has 1 atom stereocenters. The van der Waals surface area contributed by atoms with Gasteiger partial charge in [0.05, 0.1) is 0 Å². The van der Waals surface area contributed by atoms with Gasteiger partial charge in [0.1, 0.15) is 6.04 Å². The third kappa shape index (κ3) is 2.87. The molecule has 8 heavy (non-hydrogen) atoms. The summed E-state index contributed by atoms with van der Waals surface area (Å²) in [5, 5.41) is 8.24. The summed E-state index contributed by atoms with van der Waals surface area (Å²) < 4.78 is 2.66. The van der Waals surface area contributed by atoms with E-state index in [-0.39, 0.29) is 0 Å². The Hall–Kier alpha value is -0.220. The molecule has 0 aromatic heterocycles. The molecule has 0 aromatic rings. The third-order valence-electron chi connectivity index (χ3n) is 0.665. The van der Waals surface area contributed by atoms with Crippen molar-refractivity contribution < 1.29 is 9.90 Å². The van der Waals surface area contributed by atoms with E-state index in [1.54, 1.807) is 13.2 Å². The first-order valence-corrected chi connectivity index (χ1v) is 3.42. The normalized spacial score (nSPS) is 13.2. The van der Waals surface area contributed by atoms with Crippen molar-refractivity contribution in [1.29, 1.82) is 0 Å². The Labute approximate surface area is 52.6 Å². The molecule has 0 aliphatic rings. The lowest BCUT2D eigenvalue weighted by atomic mass is 10.4. The first-order chi connectivity index (χ1) is 3.68. The molecule has 0 rings (SSSR count). The van der Waals surface area contributed by atoms with Gasteiger partial charge in [-0.2, -0.15) is 0 Å². The van der Waals surface area contributed by atoms with Crippen LogP contribution >= 0.6 is 11.9 Å². The summed E-state index contributed by atoms with van der Waals surface area (Å²) >= 11 is 1.31. The topological polar surface area (TPSA) is 49.3 Å². The number of rotatable bonds is 3. The Bertz CT molecular complexity index is 86.1. The van der Waals surface area contributed by atoms with Crippen molar-refractivity contribution in [1.82, 2.24) is 4.72 Å². The molecule has 0 radical (unpaired) electrons. The standard InChI is InChI=1S/C4H9NO2S/c1-3(4(6)7)5-8-2/h3,5H,1-2H3,(H,6,7)/t3-/m0/s1. The molecule has 0 fully saturated rings. The van der Waals surface area contributed by atoms with Gasteiger partial charge in [0.15, 0.2) is 0 Å². The largest absolute Gasteiger partial charge is 0.480 e. The molecule has 48 valence electrons. The minimum absolute atomic E-state index is 0.454. The van der Waals surface area contributed by atoms with E-state index in [0.29, 0.717) is 0 Å². The van der Waals surface area contributed by atoms with Crippen molar-refractivity contribution in [2.75, 3.05) is 6.26 Å². The molecule has 0 spiro atoms. The number of carbonyl (C=O) groups is 1. The Balaban J connectivity index is 3.32. The minimum atomic E-state index is -0.820. The number of carboxylic acid groups (broad SMARTS) is 1. The molecule has 0 aliphatic carbocycles. The van der Waals surface area contributed by atoms with Crippen LogP contribution in [0.2, 0.25) is 0 Å². The molecule has 0 heterocycles. The van der Waals surface area contributed by atoms with Gasteiger partial charge in [-0.15, -0.1) is 0 Å². The maximum atomic E-state index is 10.0. The lowest BCUT2D eigenvalue weighted by molar-refractivity contribution is -0.138. The highest BCUT2D eigenvalue weighted by molar-refractivity contribution is 7.96. The van der Waals surface area contributed by atoms with E-state index in [2.05, 4.69) is 4.72 Å². The minimum Gasteiger partial charge on any atom is -0.480 e. The lowest BCUT2D eigenvalue weighted by Gasteiger charge is -2.02. The van der Waals surface area contributed by atoms with Crippen molar-refractivity contribution in [2.45, 2.75) is 13.0 Å². The van der Waals surface area contributed by atoms with E-state index in [4.69, 9.17) is 5.11 Å². The molecule has 2 N–H and O–H groups in total. The van der Waals surface area contributed by atoms with Crippen LogP contribution in [0, 0.1) is 0 Å². The van der Waals surface area contributed by atoms with Gasteiger partial charge in [-0.05, 0) is 13.2 Å². The summed E-state index contributed by atoms with van der Waals surface area (Å²) in [4.78, 5) is 10.0. The van der Waals surface area contributed by atoms with Gasteiger partial charge in [0.25, 0.3) is 0 Å². The number of aliphatic carboxylic acids is 1. The molecule has 4 heteroatoms. The lowest BCUT2D eigenvalue weighted by Crippen LogP contribution is -2.28. The molecule has 0 aliphatic heterocycles. The second-order valence-electron chi connectivity index (χ2n) is 1.38. The first kappa shape index (κ1) is 7.78. The quantitative estimate of drug-likeness (QED) is 0.547. The van der Waals surface area contributed by atoms with Gasteiger partial charge in [0.2, 0.25) is 0 Å². The summed E-state index contributed by atoms with van der Waals surface area (Å²) in [7, 11) is 0. The molecular formula is C4H9NO2S. The number of hydrogen-bond donors (Lipinski definition) is 2. The van der Waals surface area contributed by atoms with E-state index in [1.807, 2.05) is 0 Å². The molecule has 0 saturated carbocycles. The van der Waals surface area contributed by atoms with Crippen LogP contribution in [0.4, 0.5) is 0 Å². The molecule has 0 bridgehead atoms. The Morgan fingerprint density at radius 2 is 2.38 bits per heavy atom. The molecule has 0 amide bonds. The van der Waals surface area contributed by atoms with Crippen molar-refractivity contribution in [3.8, 4) is 0 Å². The predicted octanol–water partition coefficient (Wildman–Crippen LogP) is 0.327. The second kappa shape index (κ2) is 3.74. The zero-order valence-electron chi connectivity index (χ0n) is 4.84. The summed E-state index contributed by atoms with van der Waals surface area (Å²) in [6.45, 7) is 1.60. The molecule has 0 unspecified atom stereocenters. The highest BCUT2D eigenvalue weighted by Gasteiger charge is 2.06. The van der Waals surface area contributed by atoms with E-state index in [9.17, 15) is 4.79 Å². The van der Waals surface area contributed by atoms with Crippen molar-refractivity contribution in [3.63, 3.8) is 0 Å². The fourth-order valence-electron chi connectivity index (χ4n) is 0.227. The van der Waals surface area contributed by atoms with Crippen LogP contribution in [0.1, 0.15) is 6.92 Å². The third-order valence-corrected chi connectivity index (χ3v) is 1.25. The molecule has 0 aromatic carbocycles. The SMILES string of the molecule is CSN[C@@H](C)C(=O)O. The summed E-state index contributed by atoms with van der Waals surface area (Å²) in [5.41, 5.74) is 0. The monoisotopic (exact) mass is 135 g/mol. The Morgan fingerprint density at radius 1 is 1.88 bits per heavy atom. The number of hydrogen-bond acceptors (Lipinski definition) is 3. The van der Waals surface area contributed by atoms with Crippen LogP contribution in [0.5, 0.6) is 0 Å². The van der Waals surface area contributed by atoms with E-state index in [1.165, 1.54) is 11.9 Å². The van der Waals surface area contributed by atoms with Crippen LogP contribution < -0.4 is 4.72 Å². The number of nitrogens with one attached hydrogen (secondary N) is 1. The van der Waals surface area contributed by atoms with Crippen molar-refractivity contribution >= 4 is 17.9 Å². The maximum absolute atomic E-state index is 10.0. The van der Waals surface area contributed by atoms with Crippen LogP contribution in [0.25, 0.3) is 0 Å². The Morgan fingerprint density at radius 3 is 2.50 bits per heavy atom. The average molecular weight is 135 g/mol. The van der Waals surface area contributed by atoms with Crippen LogP contribution in [-0.2, 0) is 4.79 Å². The highest BCUT2D eigenvalue weighted by atomic mass is 32.2. The second-order valence-corrected chi connectivity index (χ2v) is 2.03. The fourth-order valence-corrected chi connectivity index (χ4v) is 0.682. The van der Waals surface area contributed by atoms with E-state index >= 15 is 0 Å². The number of carboxylic acids is 1. The molecule has 3 nitrogen and oxygen atoms in total. The molecule has 0 saturated heterocycles. The first-order valence-electron chi connectivity index (χ1n) is 2.19. The van der Waals surface area contributed by atoms with Gasteiger partial charge >= 0.3 is 5.97 Å². The van der Waals surface area contributed by atoms with E-state index < -0.39 is 12.0 Å². The van der Waals surface area contributed by atoms with Crippen LogP contribution in [0.15, 0.2) is 0 Å². The smallest absolute Gasteiger partial charge is 0.321 e. The van der Waals surface area contributed by atoms with Gasteiger partial charge in [-0.1, -0.05) is 11.9 Å². The average Bonchev–Trinajstić information content (AvgIpc) is 1.67. The Kier molecular flexibility index (Phi) is 3.64. The van der Waals surface area contributed by atoms with E-state index in [0.717, 1.165) is 0 Å². The summed E-state index contributed by atoms with van der Waals surface area (Å²) in [6, 6.07) is -0.454. The highest BCUT2D eigenvalue weighted by Crippen LogP contribution is 1.88. The zero-order chi connectivity index (χ0) is 6.57. The summed E-state index contributed by atoms with van der Waals surface area (Å²) in [5.74, 6) is -0.820. The zero-order valence-corrected chi connectivity index (χ0v) is 5.66. The van der Waals surface area contributed by atoms with Gasteiger partial charge in [-0.25, -0.2) is 0 Å². The molecular weight excluding hydrogens is 126 g/mol. The van der Waals surface area contributed by atoms with Crippen LogP contribution in [-0.4, -0.2) is 23.4 Å².